The van der Waals surface area contributed by atoms with Crippen LogP contribution in [0.15, 0.2) is 23.2 Å². The summed E-state index contributed by atoms with van der Waals surface area (Å²) in [5.41, 5.74) is 0.607. The van der Waals surface area contributed by atoms with E-state index in [1.54, 1.807) is 0 Å². The first kappa shape index (κ1) is 32.6. The van der Waals surface area contributed by atoms with Crippen LogP contribution in [0.25, 0.3) is 0 Å². The number of amides is 2. The summed E-state index contributed by atoms with van der Waals surface area (Å²) < 4.78 is 95.0. The van der Waals surface area contributed by atoms with Gasteiger partial charge in [-0.2, -0.15) is 26.9 Å². The van der Waals surface area contributed by atoms with Crippen molar-refractivity contribution >= 4 is 52.4 Å². The fourth-order valence-corrected chi connectivity index (χ4v) is 5.20. The second-order valence-corrected chi connectivity index (χ2v) is 10.6. The minimum Gasteiger partial charge on any atom is -0.471 e. The van der Waals surface area contributed by atoms with Crippen molar-refractivity contribution in [2.24, 2.45) is 10.9 Å². The van der Waals surface area contributed by atoms with Gasteiger partial charge in [0.15, 0.2) is 12.4 Å². The topological polar surface area (TPSA) is 105 Å². The number of hydrogen-bond acceptors (Lipinski definition) is 6. The molecular formula is C26H24Cl2F7N5O3. The smallest absolute Gasteiger partial charge is 0.391 e. The number of ether oxygens (including phenoxy) is 1. The maximum atomic E-state index is 13.1. The summed E-state index contributed by atoms with van der Waals surface area (Å²) in [5, 5.41) is 7.72. The lowest BCUT2D eigenvalue weighted by Crippen LogP contribution is -2.40. The molecule has 3 N–H and O–H groups in total. The van der Waals surface area contributed by atoms with Crippen LogP contribution in [0.1, 0.15) is 47.2 Å². The number of anilines is 1. The second kappa shape index (κ2) is 13.5. The third kappa shape index (κ3) is 8.19. The molecule has 0 atom stereocenters. The molecule has 0 unspecified atom stereocenters. The van der Waals surface area contributed by atoms with Crippen LogP contribution in [0.4, 0.5) is 42.2 Å². The average molecular weight is 658 g/mol. The Labute approximate surface area is 250 Å². The third-order valence-corrected chi connectivity index (χ3v) is 7.60. The lowest BCUT2D eigenvalue weighted by Gasteiger charge is -2.30. The van der Waals surface area contributed by atoms with Gasteiger partial charge in [0, 0.05) is 24.6 Å². The highest BCUT2D eigenvalue weighted by molar-refractivity contribution is 6.40. The van der Waals surface area contributed by atoms with Crippen LogP contribution in [-0.2, 0) is 17.8 Å². The molecule has 2 aliphatic rings. The first-order chi connectivity index (χ1) is 20.2. The molecule has 43 heavy (non-hydrogen) atoms. The molecule has 1 fully saturated rings. The van der Waals surface area contributed by atoms with Crippen molar-refractivity contribution in [3.8, 4) is 5.88 Å². The highest BCUT2D eigenvalue weighted by atomic mass is 35.5. The fraction of sp³-hybridized carbons (Fsp3) is 0.462. The van der Waals surface area contributed by atoms with Crippen LogP contribution in [0, 0.1) is 5.92 Å². The van der Waals surface area contributed by atoms with Gasteiger partial charge in [0.1, 0.15) is 11.4 Å². The van der Waals surface area contributed by atoms with Crippen molar-refractivity contribution in [3.05, 3.63) is 44.9 Å². The van der Waals surface area contributed by atoms with Gasteiger partial charge >= 0.3 is 12.6 Å². The molecule has 2 aromatic rings. The predicted molar refractivity (Wildman–Crippen MR) is 144 cm³/mol. The maximum Gasteiger partial charge on any atom is 0.391 e. The Hall–Kier alpha value is -3.33. The van der Waals surface area contributed by atoms with Crippen molar-refractivity contribution < 1.29 is 45.1 Å². The van der Waals surface area contributed by atoms with E-state index >= 15 is 0 Å². The zero-order valence-electron chi connectivity index (χ0n) is 22.0. The zero-order chi connectivity index (χ0) is 31.5. The predicted octanol–water partition coefficient (Wildman–Crippen LogP) is 6.46. The van der Waals surface area contributed by atoms with Gasteiger partial charge in [-0.1, -0.05) is 29.3 Å². The molecule has 0 bridgehead atoms. The summed E-state index contributed by atoms with van der Waals surface area (Å²) in [6.07, 6.45) is -10.5. The normalized spacial score (nSPS) is 18.3. The van der Waals surface area contributed by atoms with Crippen LogP contribution >= 0.6 is 23.2 Å². The number of carbonyl (C=O) groups is 2. The lowest BCUT2D eigenvalue weighted by molar-refractivity contribution is -0.182. The van der Waals surface area contributed by atoms with Gasteiger partial charge in [-0.25, -0.2) is 13.8 Å². The van der Waals surface area contributed by atoms with Gasteiger partial charge in [-0.15, -0.1) is 0 Å². The molecule has 17 heteroatoms. The number of rotatable bonds is 9. The Morgan fingerprint density at radius 1 is 1.07 bits per heavy atom. The Morgan fingerprint density at radius 3 is 2.40 bits per heavy atom. The third-order valence-electron chi connectivity index (χ3n) is 6.85. The molecule has 234 valence electrons. The van der Waals surface area contributed by atoms with Gasteiger partial charge in [0.05, 0.1) is 21.7 Å². The number of benzene rings is 1. The number of aliphatic imine (C=N–C) groups is 1. The summed E-state index contributed by atoms with van der Waals surface area (Å²) in [6, 6.07) is 3.64. The van der Waals surface area contributed by atoms with E-state index in [-0.39, 0.29) is 77.2 Å². The molecule has 4 rings (SSSR count). The minimum atomic E-state index is -4.32. The van der Waals surface area contributed by atoms with Crippen LogP contribution in [0.3, 0.4) is 0 Å². The largest absolute Gasteiger partial charge is 0.471 e. The standard InChI is InChI=1S/C26H24Cl2F7N5O3/c27-16-6-1-11(9-36-24(42)21(31)32)19(28)20(16)38-18-8-12-7-15(25(40-22(12)39-18)43-10-17(29)30)23(41)37-14-4-2-13(3-5-14)26(33,34)35/h1,6-7,13-14,17,21H,2-5,8-10H2,(H,36,42)(H,37,41)(H,38,39,40). The molecule has 1 aliphatic heterocycles. The Kier molecular flexibility index (Phi) is 10.3. The monoisotopic (exact) mass is 657 g/mol. The van der Waals surface area contributed by atoms with Crippen molar-refractivity contribution in [1.29, 1.82) is 0 Å². The number of amidine groups is 1. The van der Waals surface area contributed by atoms with Crippen LogP contribution in [-0.4, -0.2) is 54.3 Å². The molecule has 1 aromatic heterocycles. The summed E-state index contributed by atoms with van der Waals surface area (Å²) in [5.74, 6) is -3.85. The molecule has 2 amide bonds. The quantitative estimate of drug-likeness (QED) is 0.269. The van der Waals surface area contributed by atoms with Crippen molar-refractivity contribution in [2.75, 3.05) is 11.9 Å². The van der Waals surface area contributed by atoms with Gasteiger partial charge in [-0.05, 0) is 43.4 Å². The van der Waals surface area contributed by atoms with E-state index in [0.717, 1.165) is 0 Å². The first-order valence-corrected chi connectivity index (χ1v) is 13.7. The van der Waals surface area contributed by atoms with Crippen LogP contribution in [0.2, 0.25) is 10.0 Å². The number of aromatic nitrogens is 1. The molecule has 0 radical (unpaired) electrons. The highest BCUT2D eigenvalue weighted by Crippen LogP contribution is 2.39. The summed E-state index contributed by atoms with van der Waals surface area (Å²) >= 11 is 12.7. The van der Waals surface area contributed by atoms with Crippen LogP contribution in [0.5, 0.6) is 5.88 Å². The van der Waals surface area contributed by atoms with Crippen molar-refractivity contribution in [3.63, 3.8) is 0 Å². The number of pyridine rings is 1. The Bertz CT molecular complexity index is 1400. The molecular weight excluding hydrogens is 634 g/mol. The van der Waals surface area contributed by atoms with E-state index in [9.17, 15) is 40.3 Å². The number of alkyl halides is 7. The molecule has 2 heterocycles. The molecule has 1 aliphatic carbocycles. The number of nitrogens with zero attached hydrogens (tertiary/aromatic N) is 2. The number of hydrogen-bond donors (Lipinski definition) is 3. The van der Waals surface area contributed by atoms with Crippen LogP contribution < -0.4 is 20.7 Å². The second-order valence-electron chi connectivity index (χ2n) is 9.86. The number of fused-ring (bicyclic) bond motifs is 1. The molecule has 0 saturated heterocycles. The lowest BCUT2D eigenvalue weighted by atomic mass is 9.85. The molecule has 8 nitrogen and oxygen atoms in total. The molecule has 1 saturated carbocycles. The van der Waals surface area contributed by atoms with E-state index in [0.29, 0.717) is 5.56 Å². The number of halogens is 9. The number of nitrogens with one attached hydrogen (secondary N) is 3. The summed E-state index contributed by atoms with van der Waals surface area (Å²) in [7, 11) is 0. The van der Waals surface area contributed by atoms with Gasteiger partial charge in [0.2, 0.25) is 5.88 Å². The van der Waals surface area contributed by atoms with Crippen molar-refractivity contribution in [1.82, 2.24) is 15.6 Å². The van der Waals surface area contributed by atoms with E-state index < -0.39 is 55.3 Å². The molecule has 1 aromatic carbocycles. The first-order valence-electron chi connectivity index (χ1n) is 12.9. The van der Waals surface area contributed by atoms with E-state index in [2.05, 4.69) is 20.6 Å². The Balaban J connectivity index is 1.51. The fourth-order valence-electron chi connectivity index (χ4n) is 4.67. The average Bonchev–Trinajstić information content (AvgIpc) is 3.34. The minimum absolute atomic E-state index is 0.00921. The SMILES string of the molecule is O=C(NC1CCC(C(F)(F)F)CC1)c1cc2c(nc1OCC(F)F)N=C(Nc1c(Cl)ccc(CNC(=O)C(F)F)c1Cl)C2. The van der Waals surface area contributed by atoms with Gasteiger partial charge in [-0.3, -0.25) is 9.59 Å². The maximum absolute atomic E-state index is 13.1. The van der Waals surface area contributed by atoms with E-state index in [1.807, 2.05) is 5.32 Å². The van der Waals surface area contributed by atoms with Gasteiger partial charge in [0.25, 0.3) is 18.2 Å². The van der Waals surface area contributed by atoms with E-state index in [4.69, 9.17) is 27.9 Å². The Morgan fingerprint density at radius 2 is 1.77 bits per heavy atom. The zero-order valence-corrected chi connectivity index (χ0v) is 23.5. The number of carbonyl (C=O) groups excluding carboxylic acids is 2. The van der Waals surface area contributed by atoms with Crippen molar-refractivity contribution in [2.45, 2.75) is 63.7 Å². The van der Waals surface area contributed by atoms with Gasteiger partial charge < -0.3 is 20.7 Å². The summed E-state index contributed by atoms with van der Waals surface area (Å²) in [4.78, 5) is 32.8. The highest BCUT2D eigenvalue weighted by Gasteiger charge is 2.41. The van der Waals surface area contributed by atoms with E-state index in [1.165, 1.54) is 18.2 Å². The summed E-state index contributed by atoms with van der Waals surface area (Å²) in [6.45, 7) is -1.39. The molecule has 0 spiro atoms.